The summed E-state index contributed by atoms with van der Waals surface area (Å²) in [5.41, 5.74) is 7.56. The number of unbranched alkanes of at least 4 members (excludes halogenated alkanes) is 1. The zero-order valence-corrected chi connectivity index (χ0v) is 11.5. The first-order valence-electron chi connectivity index (χ1n) is 6.79. The van der Waals surface area contributed by atoms with Crippen LogP contribution in [0.4, 0.5) is 5.69 Å². The molecule has 0 aliphatic rings. The van der Waals surface area contributed by atoms with Crippen LogP contribution in [0.1, 0.15) is 45.1 Å². The molecule has 0 saturated heterocycles. The molecule has 1 rings (SSSR count). The second-order valence-corrected chi connectivity index (χ2v) is 4.66. The van der Waals surface area contributed by atoms with E-state index in [-0.39, 0.29) is 5.91 Å². The molecule has 1 amide bonds. The summed E-state index contributed by atoms with van der Waals surface area (Å²) in [6.07, 6.45) is 3.69. The third-order valence-electron chi connectivity index (χ3n) is 2.94. The van der Waals surface area contributed by atoms with Gasteiger partial charge in [0.2, 0.25) is 5.91 Å². The number of carbonyl (C=O) groups is 1. The van der Waals surface area contributed by atoms with Gasteiger partial charge in [0.05, 0.1) is 0 Å². The highest BCUT2D eigenvalue weighted by Crippen LogP contribution is 2.11. The first kappa shape index (κ1) is 14.6. The van der Waals surface area contributed by atoms with Crippen molar-refractivity contribution in [2.45, 2.75) is 46.1 Å². The maximum Gasteiger partial charge on any atom is 0.222 e. The van der Waals surface area contributed by atoms with Gasteiger partial charge in [-0.1, -0.05) is 32.4 Å². The summed E-state index contributed by atoms with van der Waals surface area (Å²) in [5.74, 6) is 0.260. The van der Waals surface area contributed by atoms with Crippen LogP contribution < -0.4 is 5.73 Å². The summed E-state index contributed by atoms with van der Waals surface area (Å²) in [7, 11) is 0. The Labute approximate surface area is 110 Å². The maximum atomic E-state index is 12.1. The molecule has 0 spiro atoms. The van der Waals surface area contributed by atoms with Crippen molar-refractivity contribution in [2.24, 2.45) is 0 Å². The first-order valence-corrected chi connectivity index (χ1v) is 6.79. The lowest BCUT2D eigenvalue weighted by Crippen LogP contribution is -2.31. The summed E-state index contributed by atoms with van der Waals surface area (Å²) in [5, 5.41) is 0. The number of rotatable bonds is 7. The van der Waals surface area contributed by atoms with Gasteiger partial charge >= 0.3 is 0 Å². The molecule has 0 atom stereocenters. The Morgan fingerprint density at radius 3 is 2.39 bits per heavy atom. The Morgan fingerprint density at radius 2 is 1.83 bits per heavy atom. The van der Waals surface area contributed by atoms with Crippen LogP contribution in [0.3, 0.4) is 0 Å². The lowest BCUT2D eigenvalue weighted by atomic mass is 10.1. The zero-order chi connectivity index (χ0) is 13.4. The van der Waals surface area contributed by atoms with E-state index in [4.69, 9.17) is 5.73 Å². The molecule has 0 aliphatic heterocycles. The lowest BCUT2D eigenvalue weighted by Gasteiger charge is -2.22. The van der Waals surface area contributed by atoms with Crippen LogP contribution in [0.15, 0.2) is 24.3 Å². The van der Waals surface area contributed by atoms with Crippen molar-refractivity contribution in [2.75, 3.05) is 12.3 Å². The number of hydrogen-bond acceptors (Lipinski definition) is 2. The normalized spacial score (nSPS) is 10.3. The van der Waals surface area contributed by atoms with Crippen molar-refractivity contribution >= 4 is 11.6 Å². The average Bonchev–Trinajstić information content (AvgIpc) is 2.38. The number of amides is 1. The smallest absolute Gasteiger partial charge is 0.222 e. The van der Waals surface area contributed by atoms with Crippen LogP contribution >= 0.6 is 0 Å². The molecule has 18 heavy (non-hydrogen) atoms. The number of nitrogen functional groups attached to an aromatic ring is 1. The summed E-state index contributed by atoms with van der Waals surface area (Å²) < 4.78 is 0. The minimum absolute atomic E-state index is 0.260. The van der Waals surface area contributed by atoms with Gasteiger partial charge in [-0.05, 0) is 30.5 Å². The first-order chi connectivity index (χ1) is 8.67. The molecule has 1 aromatic carbocycles. The van der Waals surface area contributed by atoms with Crippen molar-refractivity contribution in [3.05, 3.63) is 29.8 Å². The van der Waals surface area contributed by atoms with Crippen LogP contribution in [0.2, 0.25) is 0 Å². The third kappa shape index (κ3) is 4.78. The van der Waals surface area contributed by atoms with E-state index in [0.29, 0.717) is 13.0 Å². The zero-order valence-electron chi connectivity index (χ0n) is 11.5. The highest BCUT2D eigenvalue weighted by Gasteiger charge is 2.12. The van der Waals surface area contributed by atoms with Gasteiger partial charge in [-0.2, -0.15) is 0 Å². The number of nitrogens with zero attached hydrogens (tertiary/aromatic N) is 1. The summed E-state index contributed by atoms with van der Waals surface area (Å²) in [6, 6.07) is 7.75. The fourth-order valence-electron chi connectivity index (χ4n) is 1.89. The van der Waals surface area contributed by atoms with E-state index < -0.39 is 0 Å². The molecule has 3 heteroatoms. The highest BCUT2D eigenvalue weighted by molar-refractivity contribution is 5.76. The fourth-order valence-corrected chi connectivity index (χ4v) is 1.89. The predicted molar refractivity (Wildman–Crippen MR) is 76.1 cm³/mol. The largest absolute Gasteiger partial charge is 0.399 e. The molecule has 0 saturated carbocycles. The van der Waals surface area contributed by atoms with Gasteiger partial charge in [0.15, 0.2) is 0 Å². The van der Waals surface area contributed by atoms with Crippen molar-refractivity contribution in [1.82, 2.24) is 4.90 Å². The standard InChI is InChI=1S/C15H24N2O/c1-3-5-6-15(18)17(11-4-2)12-13-7-9-14(16)10-8-13/h7-10H,3-6,11-12,16H2,1-2H3. The van der Waals surface area contributed by atoms with Crippen LogP contribution in [0, 0.1) is 0 Å². The molecule has 100 valence electrons. The summed E-state index contributed by atoms with van der Waals surface area (Å²) >= 11 is 0. The molecule has 0 unspecified atom stereocenters. The Hall–Kier alpha value is -1.51. The summed E-state index contributed by atoms with van der Waals surface area (Å²) in [6.45, 7) is 5.73. The molecule has 0 radical (unpaired) electrons. The topological polar surface area (TPSA) is 46.3 Å². The van der Waals surface area contributed by atoms with E-state index in [1.54, 1.807) is 0 Å². The molecule has 0 fully saturated rings. The number of anilines is 1. The van der Waals surface area contributed by atoms with Gasteiger partial charge in [-0.3, -0.25) is 4.79 Å². The number of hydrogen-bond donors (Lipinski definition) is 1. The van der Waals surface area contributed by atoms with E-state index in [0.717, 1.165) is 37.1 Å². The van der Waals surface area contributed by atoms with E-state index in [9.17, 15) is 4.79 Å². The molecule has 0 aromatic heterocycles. The Kier molecular flexibility index (Phi) is 6.26. The van der Waals surface area contributed by atoms with E-state index in [1.165, 1.54) is 0 Å². The van der Waals surface area contributed by atoms with Crippen LogP contribution in [-0.2, 0) is 11.3 Å². The Balaban J connectivity index is 2.61. The van der Waals surface area contributed by atoms with Crippen molar-refractivity contribution in [3.63, 3.8) is 0 Å². The van der Waals surface area contributed by atoms with Crippen molar-refractivity contribution in [3.8, 4) is 0 Å². The molecule has 1 aromatic rings. The van der Waals surface area contributed by atoms with Gasteiger partial charge in [0.25, 0.3) is 0 Å². The molecule has 0 bridgehead atoms. The van der Waals surface area contributed by atoms with Gasteiger partial charge in [0.1, 0.15) is 0 Å². The predicted octanol–water partition coefficient (Wildman–Crippen LogP) is 3.20. The van der Waals surface area contributed by atoms with Crippen LogP contribution in [-0.4, -0.2) is 17.4 Å². The Bertz CT molecular complexity index is 359. The number of carbonyl (C=O) groups excluding carboxylic acids is 1. The number of nitrogens with two attached hydrogens (primary N) is 1. The molecule has 0 aliphatic carbocycles. The van der Waals surface area contributed by atoms with Gasteiger partial charge in [-0.25, -0.2) is 0 Å². The molecule has 0 heterocycles. The highest BCUT2D eigenvalue weighted by atomic mass is 16.2. The summed E-state index contributed by atoms with van der Waals surface area (Å²) in [4.78, 5) is 14.0. The van der Waals surface area contributed by atoms with E-state index >= 15 is 0 Å². The second kappa shape index (κ2) is 7.75. The maximum absolute atomic E-state index is 12.1. The molecule has 3 nitrogen and oxygen atoms in total. The minimum atomic E-state index is 0.260. The fraction of sp³-hybridized carbons (Fsp3) is 0.533. The van der Waals surface area contributed by atoms with Gasteiger partial charge in [-0.15, -0.1) is 0 Å². The average molecular weight is 248 g/mol. The minimum Gasteiger partial charge on any atom is -0.399 e. The van der Waals surface area contributed by atoms with E-state index in [2.05, 4.69) is 13.8 Å². The lowest BCUT2D eigenvalue weighted by molar-refractivity contribution is -0.132. The molecular formula is C15H24N2O. The van der Waals surface area contributed by atoms with Gasteiger partial charge in [0, 0.05) is 25.2 Å². The monoisotopic (exact) mass is 248 g/mol. The third-order valence-corrected chi connectivity index (χ3v) is 2.94. The quantitative estimate of drug-likeness (QED) is 0.753. The second-order valence-electron chi connectivity index (χ2n) is 4.66. The van der Waals surface area contributed by atoms with Crippen LogP contribution in [0.25, 0.3) is 0 Å². The van der Waals surface area contributed by atoms with Crippen molar-refractivity contribution in [1.29, 1.82) is 0 Å². The Morgan fingerprint density at radius 1 is 1.17 bits per heavy atom. The van der Waals surface area contributed by atoms with E-state index in [1.807, 2.05) is 29.2 Å². The van der Waals surface area contributed by atoms with Crippen molar-refractivity contribution < 1.29 is 4.79 Å². The SMILES string of the molecule is CCCCC(=O)N(CCC)Cc1ccc(N)cc1. The molecular weight excluding hydrogens is 224 g/mol. The van der Waals surface area contributed by atoms with Crippen LogP contribution in [0.5, 0.6) is 0 Å². The number of benzene rings is 1. The van der Waals surface area contributed by atoms with Gasteiger partial charge < -0.3 is 10.6 Å². The molecule has 2 N–H and O–H groups in total.